The van der Waals surface area contributed by atoms with E-state index in [1.165, 1.54) is 39.9 Å². The normalized spacial score (nSPS) is 15.5. The molecule has 11 heteroatoms. The summed E-state index contributed by atoms with van der Waals surface area (Å²) in [6.45, 7) is 1.37. The fraction of sp³-hybridized carbons (Fsp3) is 0.222. The van der Waals surface area contributed by atoms with E-state index in [2.05, 4.69) is 10.3 Å². The topological polar surface area (TPSA) is 88.6 Å². The minimum atomic E-state index is -3.61. The van der Waals surface area contributed by atoms with Crippen LogP contribution >= 0.6 is 34.5 Å². The quantitative estimate of drug-likeness (QED) is 0.623. The molecule has 1 amide bonds. The van der Waals surface area contributed by atoms with Crippen molar-refractivity contribution in [2.75, 3.05) is 31.6 Å². The van der Waals surface area contributed by atoms with Gasteiger partial charge in [-0.05, 0) is 36.4 Å². The van der Waals surface area contributed by atoms with E-state index in [0.717, 1.165) is 0 Å². The predicted octanol–water partition coefficient (Wildman–Crippen LogP) is 3.88. The fourth-order valence-electron chi connectivity index (χ4n) is 2.88. The number of ether oxygens (including phenoxy) is 1. The number of amides is 1. The molecule has 1 aliphatic heterocycles. The summed E-state index contributed by atoms with van der Waals surface area (Å²) in [5.74, 6) is -0.411. The van der Waals surface area contributed by atoms with Crippen LogP contribution in [0.25, 0.3) is 10.2 Å². The van der Waals surface area contributed by atoms with E-state index >= 15 is 0 Å². The Bertz CT molecular complexity index is 1130. The van der Waals surface area contributed by atoms with Gasteiger partial charge in [0.2, 0.25) is 10.0 Å². The number of nitrogens with one attached hydrogen (secondary N) is 1. The third-order valence-corrected chi connectivity index (χ3v) is 8.04. The number of benzene rings is 2. The average Bonchev–Trinajstić information content (AvgIpc) is 3.16. The molecule has 29 heavy (non-hydrogen) atoms. The van der Waals surface area contributed by atoms with Crippen LogP contribution in [0.15, 0.2) is 41.3 Å². The largest absolute Gasteiger partial charge is 0.379 e. The number of thiazole rings is 1. The number of halogens is 2. The van der Waals surface area contributed by atoms with Gasteiger partial charge in [-0.15, -0.1) is 0 Å². The lowest BCUT2D eigenvalue weighted by molar-refractivity contribution is 0.0730. The maximum Gasteiger partial charge on any atom is 0.257 e. The molecule has 1 aromatic heterocycles. The number of carbonyl (C=O) groups is 1. The van der Waals surface area contributed by atoms with Crippen LogP contribution in [0.1, 0.15) is 10.4 Å². The van der Waals surface area contributed by atoms with E-state index in [1.807, 2.05) is 0 Å². The molecule has 2 aromatic carbocycles. The van der Waals surface area contributed by atoms with Crippen molar-refractivity contribution in [2.45, 2.75) is 4.90 Å². The minimum Gasteiger partial charge on any atom is -0.379 e. The molecule has 1 saturated heterocycles. The highest BCUT2D eigenvalue weighted by Gasteiger charge is 2.26. The summed E-state index contributed by atoms with van der Waals surface area (Å²) in [7, 11) is -3.61. The number of anilines is 1. The van der Waals surface area contributed by atoms with Gasteiger partial charge in [-0.1, -0.05) is 34.5 Å². The number of fused-ring (bicyclic) bond motifs is 1. The first kappa shape index (κ1) is 20.5. The Morgan fingerprint density at radius 2 is 1.72 bits per heavy atom. The minimum absolute atomic E-state index is 0.134. The highest BCUT2D eigenvalue weighted by atomic mass is 35.5. The van der Waals surface area contributed by atoms with Gasteiger partial charge in [0.05, 0.1) is 32.9 Å². The number of nitrogens with zero attached hydrogens (tertiary/aromatic N) is 2. The molecule has 1 fully saturated rings. The van der Waals surface area contributed by atoms with Crippen molar-refractivity contribution in [3.63, 3.8) is 0 Å². The Morgan fingerprint density at radius 3 is 2.38 bits per heavy atom. The first-order valence-electron chi connectivity index (χ1n) is 8.60. The summed E-state index contributed by atoms with van der Waals surface area (Å²) >= 11 is 13.5. The second-order valence-electron chi connectivity index (χ2n) is 6.22. The van der Waals surface area contributed by atoms with Gasteiger partial charge >= 0.3 is 0 Å². The van der Waals surface area contributed by atoms with Crippen LogP contribution < -0.4 is 5.32 Å². The number of sulfonamides is 1. The molecule has 1 aliphatic rings. The van der Waals surface area contributed by atoms with Crippen molar-refractivity contribution in [3.05, 3.63) is 52.0 Å². The van der Waals surface area contributed by atoms with Crippen molar-refractivity contribution in [3.8, 4) is 0 Å². The van der Waals surface area contributed by atoms with E-state index in [4.69, 9.17) is 27.9 Å². The Labute approximate surface area is 181 Å². The Hall–Kier alpha value is -1.75. The molecule has 0 aliphatic carbocycles. The first-order chi connectivity index (χ1) is 13.9. The standard InChI is InChI=1S/C18H15Cl2N3O4S2/c19-13-5-6-14(20)16-15(13)21-18(28-16)22-17(24)11-1-3-12(4-2-11)29(25,26)23-7-9-27-10-8-23/h1-6H,7-10H2,(H,21,22,24). The van der Waals surface area contributed by atoms with Gasteiger partial charge in [-0.25, -0.2) is 13.4 Å². The van der Waals surface area contributed by atoms with Crippen molar-refractivity contribution in [1.29, 1.82) is 0 Å². The van der Waals surface area contributed by atoms with Gasteiger partial charge in [0.15, 0.2) is 5.13 Å². The molecule has 3 aromatic rings. The number of carbonyl (C=O) groups excluding carboxylic acids is 1. The van der Waals surface area contributed by atoms with Gasteiger partial charge in [-0.2, -0.15) is 4.31 Å². The van der Waals surface area contributed by atoms with Gasteiger partial charge in [0.25, 0.3) is 5.91 Å². The Balaban J connectivity index is 1.53. The van der Waals surface area contributed by atoms with Gasteiger partial charge in [0.1, 0.15) is 5.52 Å². The molecular weight excluding hydrogens is 457 g/mol. The number of rotatable bonds is 4. The summed E-state index contributed by atoms with van der Waals surface area (Å²) in [6.07, 6.45) is 0. The van der Waals surface area contributed by atoms with Crippen molar-refractivity contribution in [1.82, 2.24) is 9.29 Å². The van der Waals surface area contributed by atoms with Gasteiger partial charge < -0.3 is 4.74 Å². The lowest BCUT2D eigenvalue weighted by atomic mass is 10.2. The van der Waals surface area contributed by atoms with Crippen LogP contribution in [-0.4, -0.2) is 49.9 Å². The van der Waals surface area contributed by atoms with Crippen LogP contribution in [0.5, 0.6) is 0 Å². The van der Waals surface area contributed by atoms with Crippen molar-refractivity contribution >= 4 is 65.8 Å². The zero-order chi connectivity index (χ0) is 20.6. The molecule has 0 bridgehead atoms. The lowest BCUT2D eigenvalue weighted by Crippen LogP contribution is -2.40. The first-order valence-corrected chi connectivity index (χ1v) is 11.6. The molecule has 0 saturated carbocycles. The zero-order valence-electron chi connectivity index (χ0n) is 14.9. The van der Waals surface area contributed by atoms with Gasteiger partial charge in [0, 0.05) is 18.7 Å². The highest BCUT2D eigenvalue weighted by Crippen LogP contribution is 2.36. The second kappa shape index (κ2) is 8.17. The molecule has 152 valence electrons. The summed E-state index contributed by atoms with van der Waals surface area (Å²) in [6, 6.07) is 9.10. The maximum absolute atomic E-state index is 12.7. The van der Waals surface area contributed by atoms with Crippen molar-refractivity contribution < 1.29 is 17.9 Å². The molecule has 7 nitrogen and oxygen atoms in total. The van der Waals surface area contributed by atoms with Crippen LogP contribution in [0.3, 0.4) is 0 Å². The third-order valence-electron chi connectivity index (χ3n) is 4.39. The van der Waals surface area contributed by atoms with Crippen LogP contribution in [0, 0.1) is 0 Å². The Morgan fingerprint density at radius 1 is 1.07 bits per heavy atom. The van der Waals surface area contributed by atoms with E-state index in [9.17, 15) is 13.2 Å². The second-order valence-corrected chi connectivity index (χ2v) is 9.97. The number of aromatic nitrogens is 1. The molecule has 0 radical (unpaired) electrons. The fourth-order valence-corrected chi connectivity index (χ4v) is 5.71. The molecule has 4 rings (SSSR count). The average molecular weight is 472 g/mol. The molecule has 2 heterocycles. The summed E-state index contributed by atoms with van der Waals surface area (Å²) < 4.78 is 32.6. The van der Waals surface area contributed by atoms with Crippen LogP contribution in [0.2, 0.25) is 10.0 Å². The highest BCUT2D eigenvalue weighted by molar-refractivity contribution is 7.89. The lowest BCUT2D eigenvalue weighted by Gasteiger charge is -2.26. The predicted molar refractivity (Wildman–Crippen MR) is 114 cm³/mol. The zero-order valence-corrected chi connectivity index (χ0v) is 18.0. The summed E-state index contributed by atoms with van der Waals surface area (Å²) in [5, 5.41) is 3.99. The maximum atomic E-state index is 12.7. The molecule has 0 atom stereocenters. The van der Waals surface area contributed by atoms with E-state index in [1.54, 1.807) is 12.1 Å². The molecule has 0 spiro atoms. The van der Waals surface area contributed by atoms with Crippen LogP contribution in [0.4, 0.5) is 5.13 Å². The summed E-state index contributed by atoms with van der Waals surface area (Å²) in [5.41, 5.74) is 0.828. The Kier molecular flexibility index (Phi) is 5.78. The monoisotopic (exact) mass is 471 g/mol. The van der Waals surface area contributed by atoms with Crippen molar-refractivity contribution in [2.24, 2.45) is 0 Å². The van der Waals surface area contributed by atoms with E-state index in [0.29, 0.717) is 57.3 Å². The van der Waals surface area contributed by atoms with Crippen LogP contribution in [-0.2, 0) is 14.8 Å². The smallest absolute Gasteiger partial charge is 0.257 e. The SMILES string of the molecule is O=C(Nc1nc2c(Cl)ccc(Cl)c2s1)c1ccc(S(=O)(=O)N2CCOCC2)cc1. The number of hydrogen-bond donors (Lipinski definition) is 1. The van der Waals surface area contributed by atoms with E-state index in [-0.39, 0.29) is 4.90 Å². The third kappa shape index (κ3) is 4.11. The molecule has 0 unspecified atom stereocenters. The van der Waals surface area contributed by atoms with E-state index < -0.39 is 15.9 Å². The molecular formula is C18H15Cl2N3O4S2. The summed E-state index contributed by atoms with van der Waals surface area (Å²) in [4.78, 5) is 17.0. The molecule has 1 N–H and O–H groups in total. The number of morpholine rings is 1. The number of hydrogen-bond acceptors (Lipinski definition) is 6. The van der Waals surface area contributed by atoms with Gasteiger partial charge in [-0.3, -0.25) is 10.1 Å².